The summed E-state index contributed by atoms with van der Waals surface area (Å²) in [5.74, 6) is 0.698. The van der Waals surface area contributed by atoms with Crippen molar-refractivity contribution in [2.24, 2.45) is 0 Å². The van der Waals surface area contributed by atoms with Crippen molar-refractivity contribution in [1.82, 2.24) is 24.8 Å². The first kappa shape index (κ1) is 31.6. The molecule has 0 spiro atoms. The minimum atomic E-state index is -4.51. The highest BCUT2D eigenvalue weighted by molar-refractivity contribution is 7.17. The average molecular weight is 645 g/mol. The van der Waals surface area contributed by atoms with E-state index in [0.717, 1.165) is 54.7 Å². The van der Waals surface area contributed by atoms with E-state index < -0.39 is 11.7 Å². The van der Waals surface area contributed by atoms with Gasteiger partial charge in [-0.05, 0) is 62.7 Å². The first-order chi connectivity index (χ1) is 20.9. The number of alkyl halides is 3. The van der Waals surface area contributed by atoms with Gasteiger partial charge >= 0.3 is 6.18 Å². The van der Waals surface area contributed by atoms with E-state index in [4.69, 9.17) is 11.6 Å². The lowest BCUT2D eigenvalue weighted by Crippen LogP contribution is -2.44. The van der Waals surface area contributed by atoms with Crippen molar-refractivity contribution < 1.29 is 18.0 Å². The third-order valence-corrected chi connectivity index (χ3v) is 8.63. The summed E-state index contributed by atoms with van der Waals surface area (Å²) in [6, 6.07) is 9.44. The molecule has 3 N–H and O–H groups in total. The molecule has 1 aliphatic heterocycles. The van der Waals surface area contributed by atoms with Crippen LogP contribution in [0.25, 0.3) is 0 Å². The molecule has 2 aromatic heterocycles. The highest BCUT2D eigenvalue weighted by atomic mass is 35.5. The number of hydrogen-bond acceptors (Lipinski definition) is 9. The van der Waals surface area contributed by atoms with Gasteiger partial charge in [0.25, 0.3) is 5.91 Å². The first-order valence-electron chi connectivity index (χ1n) is 13.9. The van der Waals surface area contributed by atoms with Gasteiger partial charge in [-0.25, -0.2) is 15.0 Å². The van der Waals surface area contributed by atoms with E-state index in [0.29, 0.717) is 38.2 Å². The number of carbonyl (C=O) groups excluding carboxylic acids is 1. The molecular formula is C30H32ClF3N8OS. The molecule has 2 aromatic carbocycles. The zero-order chi connectivity index (χ0) is 31.6. The summed E-state index contributed by atoms with van der Waals surface area (Å²) in [6.07, 6.45) is -3.07. The van der Waals surface area contributed by atoms with Crippen LogP contribution in [0.5, 0.6) is 0 Å². The van der Waals surface area contributed by atoms with Crippen molar-refractivity contribution in [2.75, 3.05) is 49.2 Å². The maximum Gasteiger partial charge on any atom is 0.416 e. The van der Waals surface area contributed by atoms with Crippen molar-refractivity contribution in [3.63, 3.8) is 0 Å². The summed E-state index contributed by atoms with van der Waals surface area (Å²) in [7, 11) is 2.01. The van der Waals surface area contributed by atoms with Crippen LogP contribution in [0, 0.1) is 20.8 Å². The number of halogens is 4. The van der Waals surface area contributed by atoms with Crippen LogP contribution in [-0.4, -0.2) is 63.9 Å². The number of nitrogens with zero attached hydrogens (tertiary/aromatic N) is 5. The van der Waals surface area contributed by atoms with Crippen molar-refractivity contribution in [3.8, 4) is 0 Å². The monoisotopic (exact) mass is 644 g/mol. The molecule has 0 saturated carbocycles. The molecule has 0 bridgehead atoms. The largest absolute Gasteiger partial charge is 0.416 e. The lowest BCUT2D eigenvalue weighted by atomic mass is 10.0. The van der Waals surface area contributed by atoms with E-state index in [2.05, 4.69) is 35.8 Å². The van der Waals surface area contributed by atoms with Crippen LogP contribution < -0.4 is 16.0 Å². The molecular weight excluding hydrogens is 613 g/mol. The predicted octanol–water partition coefficient (Wildman–Crippen LogP) is 7.02. The molecule has 9 nitrogen and oxygen atoms in total. The molecule has 3 heterocycles. The standard InChI is InChI=1S/C30H32ClF3N8OS/c1-17-5-8-23(31)27(18(17)2)40-28(43)24-15-35-29(44-24)39-26-14-25(36-19(3)37-26)38-21-7-6-20(22(13-21)30(32,33)34)16-42-11-9-41(4)10-12-42/h5-8,13-15H,9-12,16H2,1-4H3,(H,40,43)(H2,35,36,37,38,39). The van der Waals surface area contributed by atoms with Gasteiger partial charge in [-0.15, -0.1) is 0 Å². The zero-order valence-electron chi connectivity index (χ0n) is 24.6. The molecule has 0 radical (unpaired) electrons. The van der Waals surface area contributed by atoms with Crippen LogP contribution in [0.4, 0.5) is 41.3 Å². The van der Waals surface area contributed by atoms with E-state index in [1.165, 1.54) is 12.3 Å². The first-order valence-corrected chi connectivity index (χ1v) is 15.1. The number of carbonyl (C=O) groups is 1. The van der Waals surface area contributed by atoms with Crippen molar-refractivity contribution in [3.05, 3.63) is 80.6 Å². The Morgan fingerprint density at radius 2 is 1.70 bits per heavy atom. The van der Waals surface area contributed by atoms with Gasteiger partial charge in [0.15, 0.2) is 5.13 Å². The topological polar surface area (TPSA) is 98.3 Å². The average Bonchev–Trinajstić information content (AvgIpc) is 3.43. The van der Waals surface area contributed by atoms with E-state index in [1.807, 2.05) is 31.9 Å². The van der Waals surface area contributed by atoms with Gasteiger partial charge in [0.1, 0.15) is 22.3 Å². The van der Waals surface area contributed by atoms with E-state index in [9.17, 15) is 18.0 Å². The predicted molar refractivity (Wildman–Crippen MR) is 169 cm³/mol. The quantitative estimate of drug-likeness (QED) is 0.188. The Morgan fingerprint density at radius 1 is 1.00 bits per heavy atom. The van der Waals surface area contributed by atoms with Crippen LogP contribution >= 0.6 is 22.9 Å². The molecule has 44 heavy (non-hydrogen) atoms. The van der Waals surface area contributed by atoms with Crippen molar-refractivity contribution >= 4 is 57.0 Å². The summed E-state index contributed by atoms with van der Waals surface area (Å²) >= 11 is 7.41. The molecule has 1 amide bonds. The van der Waals surface area contributed by atoms with Gasteiger partial charge in [-0.3, -0.25) is 9.69 Å². The number of nitrogens with one attached hydrogen (secondary N) is 3. The van der Waals surface area contributed by atoms with E-state index in [1.54, 1.807) is 25.1 Å². The summed E-state index contributed by atoms with van der Waals surface area (Å²) in [5, 5.41) is 9.73. The van der Waals surface area contributed by atoms with Gasteiger partial charge < -0.3 is 20.9 Å². The fourth-order valence-corrected chi connectivity index (χ4v) is 5.77. The Kier molecular flexibility index (Phi) is 9.39. The second kappa shape index (κ2) is 13.1. The van der Waals surface area contributed by atoms with Crippen LogP contribution in [0.15, 0.2) is 42.6 Å². The van der Waals surface area contributed by atoms with Crippen LogP contribution in [-0.2, 0) is 12.7 Å². The number of aromatic nitrogens is 3. The lowest BCUT2D eigenvalue weighted by Gasteiger charge is -2.33. The number of amides is 1. The number of piperazine rings is 1. The Labute approximate surface area is 262 Å². The highest BCUT2D eigenvalue weighted by Gasteiger charge is 2.34. The third-order valence-electron chi connectivity index (χ3n) is 7.40. The number of thiazole rings is 1. The number of aryl methyl sites for hydroxylation is 2. The molecule has 4 aromatic rings. The number of benzene rings is 2. The second-order valence-corrected chi connectivity index (χ2v) is 12.2. The van der Waals surface area contributed by atoms with E-state index >= 15 is 0 Å². The van der Waals surface area contributed by atoms with Gasteiger partial charge in [-0.2, -0.15) is 13.2 Å². The minimum Gasteiger partial charge on any atom is -0.340 e. The van der Waals surface area contributed by atoms with Crippen molar-refractivity contribution in [2.45, 2.75) is 33.5 Å². The second-order valence-electron chi connectivity index (χ2n) is 10.7. The summed E-state index contributed by atoms with van der Waals surface area (Å²) < 4.78 is 42.2. The summed E-state index contributed by atoms with van der Waals surface area (Å²) in [6.45, 7) is 8.80. The molecule has 5 rings (SSSR count). The minimum absolute atomic E-state index is 0.231. The zero-order valence-corrected chi connectivity index (χ0v) is 26.2. The SMILES string of the molecule is Cc1nc(Nc2ccc(CN3CCN(C)CC3)c(C(F)(F)F)c2)cc(Nc2ncc(C(=O)Nc3c(Cl)ccc(C)c3C)s2)n1. The Bertz CT molecular complexity index is 1670. The third kappa shape index (κ3) is 7.65. The number of rotatable bonds is 8. The molecule has 0 atom stereocenters. The van der Waals surface area contributed by atoms with Gasteiger partial charge in [0, 0.05) is 44.5 Å². The Hall–Kier alpha value is -3.78. The molecule has 14 heteroatoms. The fourth-order valence-electron chi connectivity index (χ4n) is 4.80. The maximum absolute atomic E-state index is 14.1. The Morgan fingerprint density at radius 3 is 2.41 bits per heavy atom. The van der Waals surface area contributed by atoms with Crippen LogP contribution in [0.3, 0.4) is 0 Å². The molecule has 1 fully saturated rings. The lowest BCUT2D eigenvalue weighted by molar-refractivity contribution is -0.138. The normalized spacial score (nSPS) is 14.5. The molecule has 0 unspecified atom stereocenters. The molecule has 1 saturated heterocycles. The summed E-state index contributed by atoms with van der Waals surface area (Å²) in [4.78, 5) is 30.4. The summed E-state index contributed by atoms with van der Waals surface area (Å²) in [5.41, 5.74) is 2.22. The van der Waals surface area contributed by atoms with Crippen molar-refractivity contribution in [1.29, 1.82) is 0 Å². The number of likely N-dealkylation sites (N-methyl/N-ethyl adjacent to an activating group) is 1. The van der Waals surface area contributed by atoms with Gasteiger partial charge in [0.05, 0.1) is 22.5 Å². The number of hydrogen-bond donors (Lipinski definition) is 3. The fraction of sp³-hybridized carbons (Fsp3) is 0.333. The van der Waals surface area contributed by atoms with E-state index in [-0.39, 0.29) is 23.7 Å². The Balaban J connectivity index is 1.29. The van der Waals surface area contributed by atoms with Gasteiger partial charge in [-0.1, -0.05) is 35.1 Å². The molecule has 232 valence electrons. The van der Waals surface area contributed by atoms with Crippen LogP contribution in [0.1, 0.15) is 37.7 Å². The van der Waals surface area contributed by atoms with Crippen LogP contribution in [0.2, 0.25) is 5.02 Å². The van der Waals surface area contributed by atoms with Gasteiger partial charge in [0.2, 0.25) is 0 Å². The maximum atomic E-state index is 14.1. The highest BCUT2D eigenvalue weighted by Crippen LogP contribution is 2.35. The molecule has 1 aliphatic rings. The molecule has 0 aliphatic carbocycles. The smallest absolute Gasteiger partial charge is 0.340 e. The number of anilines is 5.